The topological polar surface area (TPSA) is 74.3 Å². The molecule has 158 valence electrons. The number of methoxy groups -OCH3 is 1. The number of H-pyrrole nitrogens is 1. The number of halogens is 3. The number of amides is 1. The summed E-state index contributed by atoms with van der Waals surface area (Å²) in [5.41, 5.74) is 0.299. The number of carbonyl (C=O) groups is 1. The number of hydrogen-bond donors (Lipinski definition) is 1. The fraction of sp³-hybridized carbons (Fsp3) is 0.350. The number of alkyl halides is 3. The lowest BCUT2D eigenvalue weighted by Gasteiger charge is -2.35. The van der Waals surface area contributed by atoms with Crippen molar-refractivity contribution in [1.82, 2.24) is 19.9 Å². The fourth-order valence-electron chi connectivity index (χ4n) is 3.52. The van der Waals surface area contributed by atoms with E-state index in [0.29, 0.717) is 37.6 Å². The van der Waals surface area contributed by atoms with Crippen LogP contribution in [0.3, 0.4) is 0 Å². The lowest BCUT2D eigenvalue weighted by Crippen LogP contribution is -2.49. The van der Waals surface area contributed by atoms with E-state index in [4.69, 9.17) is 4.74 Å². The van der Waals surface area contributed by atoms with E-state index in [1.807, 2.05) is 18.2 Å². The molecule has 0 radical (unpaired) electrons. The van der Waals surface area contributed by atoms with E-state index in [-0.39, 0.29) is 17.5 Å². The number of benzene rings is 1. The summed E-state index contributed by atoms with van der Waals surface area (Å²) in [7, 11) is 1.58. The third-order valence-corrected chi connectivity index (χ3v) is 5.07. The van der Waals surface area contributed by atoms with E-state index in [0.717, 1.165) is 17.0 Å². The molecule has 7 nitrogen and oxygen atoms in total. The van der Waals surface area contributed by atoms with Gasteiger partial charge in [-0.05, 0) is 25.1 Å². The Morgan fingerprint density at radius 3 is 2.50 bits per heavy atom. The van der Waals surface area contributed by atoms with Gasteiger partial charge < -0.3 is 19.5 Å². The van der Waals surface area contributed by atoms with E-state index in [1.54, 1.807) is 23.0 Å². The van der Waals surface area contributed by atoms with Gasteiger partial charge in [0.25, 0.3) is 5.91 Å². The van der Waals surface area contributed by atoms with Crippen molar-refractivity contribution in [3.63, 3.8) is 0 Å². The van der Waals surface area contributed by atoms with E-state index >= 15 is 0 Å². The van der Waals surface area contributed by atoms with Crippen LogP contribution in [0.15, 0.2) is 30.3 Å². The number of ether oxygens (including phenoxy) is 1. The molecule has 1 amide bonds. The Labute approximate surface area is 170 Å². The zero-order chi connectivity index (χ0) is 21.5. The maximum absolute atomic E-state index is 13.0. The molecule has 1 N–H and O–H groups in total. The average Bonchev–Trinajstić information content (AvgIpc) is 3.15. The SMILES string of the molecule is COc1ccc2cc(C(=O)N3CCN(c4cc(C(F)(F)F)nc(C)n4)CC3)[nH]c2c1. The van der Waals surface area contributed by atoms with Crippen molar-refractivity contribution in [3.05, 3.63) is 47.5 Å². The second-order valence-electron chi connectivity index (χ2n) is 7.07. The fourth-order valence-corrected chi connectivity index (χ4v) is 3.52. The van der Waals surface area contributed by atoms with Gasteiger partial charge in [0.1, 0.15) is 28.8 Å². The first-order chi connectivity index (χ1) is 14.2. The number of rotatable bonds is 3. The molecule has 0 atom stereocenters. The van der Waals surface area contributed by atoms with Gasteiger partial charge in [0.15, 0.2) is 0 Å². The summed E-state index contributed by atoms with van der Waals surface area (Å²) >= 11 is 0. The van der Waals surface area contributed by atoms with Gasteiger partial charge in [-0.25, -0.2) is 9.97 Å². The summed E-state index contributed by atoms with van der Waals surface area (Å²) in [6, 6.07) is 8.25. The molecule has 3 aromatic rings. The van der Waals surface area contributed by atoms with E-state index in [2.05, 4.69) is 15.0 Å². The van der Waals surface area contributed by atoms with Crippen LogP contribution in [0.2, 0.25) is 0 Å². The third-order valence-electron chi connectivity index (χ3n) is 5.07. The molecule has 4 rings (SSSR count). The number of fused-ring (bicyclic) bond motifs is 1. The van der Waals surface area contributed by atoms with E-state index in [1.165, 1.54) is 6.92 Å². The molecule has 2 aromatic heterocycles. The molecule has 1 aliphatic rings. The Morgan fingerprint density at radius 2 is 1.83 bits per heavy atom. The van der Waals surface area contributed by atoms with Crippen molar-refractivity contribution >= 4 is 22.6 Å². The minimum atomic E-state index is -4.53. The number of piperazine rings is 1. The summed E-state index contributed by atoms with van der Waals surface area (Å²) in [6.07, 6.45) is -4.53. The van der Waals surface area contributed by atoms with Crippen LogP contribution in [0.5, 0.6) is 5.75 Å². The molecule has 0 aliphatic carbocycles. The molecule has 10 heteroatoms. The largest absolute Gasteiger partial charge is 0.497 e. The van der Waals surface area contributed by atoms with Crippen LogP contribution in [0.4, 0.5) is 19.0 Å². The van der Waals surface area contributed by atoms with Gasteiger partial charge in [-0.2, -0.15) is 13.2 Å². The zero-order valence-electron chi connectivity index (χ0n) is 16.5. The molecule has 3 heterocycles. The van der Waals surface area contributed by atoms with Gasteiger partial charge in [-0.15, -0.1) is 0 Å². The first-order valence-corrected chi connectivity index (χ1v) is 9.38. The molecule has 0 unspecified atom stereocenters. The van der Waals surface area contributed by atoms with Gasteiger partial charge in [-0.1, -0.05) is 0 Å². The monoisotopic (exact) mass is 419 g/mol. The normalized spacial score (nSPS) is 15.0. The molecule has 30 heavy (non-hydrogen) atoms. The highest BCUT2D eigenvalue weighted by molar-refractivity contribution is 5.98. The highest BCUT2D eigenvalue weighted by Crippen LogP contribution is 2.30. The maximum Gasteiger partial charge on any atom is 0.433 e. The minimum Gasteiger partial charge on any atom is -0.497 e. The van der Waals surface area contributed by atoms with Crippen LogP contribution in [0.25, 0.3) is 10.9 Å². The second kappa shape index (κ2) is 7.51. The van der Waals surface area contributed by atoms with Crippen LogP contribution in [-0.4, -0.2) is 59.0 Å². The van der Waals surface area contributed by atoms with Crippen LogP contribution in [0, 0.1) is 6.92 Å². The number of aryl methyl sites for hydroxylation is 1. The predicted octanol–water partition coefficient (Wildman–Crippen LogP) is 3.26. The van der Waals surface area contributed by atoms with Crippen LogP contribution in [-0.2, 0) is 6.18 Å². The molecule has 1 aromatic carbocycles. The predicted molar refractivity (Wildman–Crippen MR) is 105 cm³/mol. The molecule has 0 spiro atoms. The summed E-state index contributed by atoms with van der Waals surface area (Å²) in [5, 5.41) is 0.897. The Balaban J connectivity index is 1.47. The molecule has 0 saturated carbocycles. The van der Waals surface area contributed by atoms with E-state index in [9.17, 15) is 18.0 Å². The van der Waals surface area contributed by atoms with Crippen molar-refractivity contribution in [1.29, 1.82) is 0 Å². The lowest BCUT2D eigenvalue weighted by atomic mass is 10.2. The second-order valence-corrected chi connectivity index (χ2v) is 7.07. The summed E-state index contributed by atoms with van der Waals surface area (Å²) in [5.74, 6) is 0.821. The molecular formula is C20H20F3N5O2. The van der Waals surface area contributed by atoms with Gasteiger partial charge in [0.05, 0.1) is 7.11 Å². The first-order valence-electron chi connectivity index (χ1n) is 9.38. The number of aromatic amines is 1. The standard InChI is InChI=1S/C20H20F3N5O2/c1-12-24-17(20(21,22)23)11-18(25-12)27-5-7-28(8-6-27)19(29)16-9-13-3-4-14(30-2)10-15(13)26-16/h3-4,9-11,26H,5-8H2,1-2H3. The van der Waals surface area contributed by atoms with Crippen LogP contribution < -0.4 is 9.64 Å². The number of nitrogens with one attached hydrogen (secondary N) is 1. The molecule has 1 fully saturated rings. The highest BCUT2D eigenvalue weighted by Gasteiger charge is 2.34. The number of carbonyl (C=O) groups excluding carboxylic acids is 1. The Bertz CT molecular complexity index is 1090. The van der Waals surface area contributed by atoms with Crippen molar-refractivity contribution in [3.8, 4) is 5.75 Å². The Morgan fingerprint density at radius 1 is 1.10 bits per heavy atom. The van der Waals surface area contributed by atoms with Crippen molar-refractivity contribution in [2.45, 2.75) is 13.1 Å². The van der Waals surface area contributed by atoms with Crippen molar-refractivity contribution in [2.75, 3.05) is 38.2 Å². The molecule has 1 saturated heterocycles. The third kappa shape index (κ3) is 3.89. The van der Waals surface area contributed by atoms with E-state index < -0.39 is 11.9 Å². The quantitative estimate of drug-likeness (QED) is 0.706. The number of nitrogens with zero attached hydrogens (tertiary/aromatic N) is 4. The Kier molecular flexibility index (Phi) is 5.00. The number of anilines is 1. The van der Waals surface area contributed by atoms with Crippen molar-refractivity contribution < 1.29 is 22.7 Å². The molecule has 0 bridgehead atoms. The van der Waals surface area contributed by atoms with Gasteiger partial charge in [0.2, 0.25) is 0 Å². The molecular weight excluding hydrogens is 399 g/mol. The number of hydrogen-bond acceptors (Lipinski definition) is 5. The zero-order valence-corrected chi connectivity index (χ0v) is 16.5. The summed E-state index contributed by atoms with van der Waals surface area (Å²) in [4.78, 5) is 27.0. The smallest absolute Gasteiger partial charge is 0.433 e. The van der Waals surface area contributed by atoms with Gasteiger partial charge >= 0.3 is 6.18 Å². The molecule has 1 aliphatic heterocycles. The Hall–Kier alpha value is -3.30. The minimum absolute atomic E-state index is 0.0619. The highest BCUT2D eigenvalue weighted by atomic mass is 19.4. The average molecular weight is 419 g/mol. The summed E-state index contributed by atoms with van der Waals surface area (Å²) in [6.45, 7) is 2.95. The van der Waals surface area contributed by atoms with Crippen LogP contribution >= 0.6 is 0 Å². The summed E-state index contributed by atoms with van der Waals surface area (Å²) < 4.78 is 44.3. The maximum atomic E-state index is 13.0. The van der Waals surface area contributed by atoms with Crippen LogP contribution in [0.1, 0.15) is 22.0 Å². The van der Waals surface area contributed by atoms with Crippen molar-refractivity contribution in [2.24, 2.45) is 0 Å². The number of aromatic nitrogens is 3. The lowest BCUT2D eigenvalue weighted by molar-refractivity contribution is -0.141. The first kappa shape index (κ1) is 20.0. The van der Waals surface area contributed by atoms with Gasteiger partial charge in [0, 0.05) is 49.2 Å². The van der Waals surface area contributed by atoms with Gasteiger partial charge in [-0.3, -0.25) is 4.79 Å².